The van der Waals surface area contributed by atoms with E-state index in [1.807, 2.05) is 13.0 Å². The first-order valence-electron chi connectivity index (χ1n) is 6.30. The number of likely N-dealkylation sites (N-methyl/N-ethyl adjacent to an activating group) is 1. The number of hydrogen-bond donors (Lipinski definition) is 2. The molecule has 6 heteroatoms. The molecule has 0 bridgehead atoms. The Bertz CT molecular complexity index is 462. The number of carbonyl (C=O) groups is 1. The van der Waals surface area contributed by atoms with E-state index in [1.54, 1.807) is 43.3 Å². The fourth-order valence-corrected chi connectivity index (χ4v) is 1.92. The molecule has 3 N–H and O–H groups in total. The predicted molar refractivity (Wildman–Crippen MR) is 76.7 cm³/mol. The van der Waals surface area contributed by atoms with Gasteiger partial charge < -0.3 is 20.6 Å². The van der Waals surface area contributed by atoms with Crippen LogP contribution >= 0.6 is 0 Å². The van der Waals surface area contributed by atoms with E-state index in [0.717, 1.165) is 0 Å². The average Bonchev–Trinajstić information content (AvgIpc) is 2.47. The van der Waals surface area contributed by atoms with Crippen molar-refractivity contribution in [3.05, 3.63) is 35.9 Å². The van der Waals surface area contributed by atoms with E-state index in [2.05, 4.69) is 5.16 Å². The Labute approximate surface area is 118 Å². The molecule has 110 valence electrons. The predicted octanol–water partition coefficient (Wildman–Crippen LogP) is 1.01. The standard InChI is InChI=1S/C14H21N3O3/c1-10(9-20-3)17(2)14(18)12(13(15)16-19)11-7-5-4-6-8-11/h4-8,10,12,19H,9H2,1-3H3,(H2,15,16). The number of nitrogens with two attached hydrogens (primary N) is 1. The van der Waals surface area contributed by atoms with Crippen LogP contribution in [-0.2, 0) is 9.53 Å². The van der Waals surface area contributed by atoms with Crippen LogP contribution in [0, 0.1) is 0 Å². The number of rotatable bonds is 6. The molecule has 1 rings (SSSR count). The van der Waals surface area contributed by atoms with Gasteiger partial charge in [0.15, 0.2) is 5.84 Å². The van der Waals surface area contributed by atoms with Crippen molar-refractivity contribution in [1.29, 1.82) is 0 Å². The minimum Gasteiger partial charge on any atom is -0.409 e. The fraction of sp³-hybridized carbons (Fsp3) is 0.429. The molecule has 1 amide bonds. The highest BCUT2D eigenvalue weighted by atomic mass is 16.5. The third-order valence-corrected chi connectivity index (χ3v) is 3.21. The van der Waals surface area contributed by atoms with Crippen molar-refractivity contribution in [2.24, 2.45) is 10.9 Å². The van der Waals surface area contributed by atoms with Gasteiger partial charge in [0.05, 0.1) is 12.6 Å². The maximum absolute atomic E-state index is 12.6. The van der Waals surface area contributed by atoms with E-state index < -0.39 is 5.92 Å². The number of hydrogen-bond acceptors (Lipinski definition) is 4. The maximum atomic E-state index is 12.6. The fourth-order valence-electron chi connectivity index (χ4n) is 1.92. The summed E-state index contributed by atoms with van der Waals surface area (Å²) >= 11 is 0. The molecule has 2 atom stereocenters. The molecule has 1 aromatic rings. The summed E-state index contributed by atoms with van der Waals surface area (Å²) in [5, 5.41) is 11.9. The molecular formula is C14H21N3O3. The van der Waals surface area contributed by atoms with Gasteiger partial charge in [-0.3, -0.25) is 4.79 Å². The topological polar surface area (TPSA) is 88.2 Å². The molecule has 0 saturated carbocycles. The zero-order valence-corrected chi connectivity index (χ0v) is 12.0. The lowest BCUT2D eigenvalue weighted by molar-refractivity contribution is -0.132. The molecule has 0 aliphatic heterocycles. The lowest BCUT2D eigenvalue weighted by atomic mass is 9.96. The lowest BCUT2D eigenvalue weighted by Crippen LogP contribution is -2.44. The number of carbonyl (C=O) groups excluding carboxylic acids is 1. The van der Waals surface area contributed by atoms with Gasteiger partial charge in [0.2, 0.25) is 5.91 Å². The molecule has 6 nitrogen and oxygen atoms in total. The van der Waals surface area contributed by atoms with Gasteiger partial charge in [-0.15, -0.1) is 0 Å². The van der Waals surface area contributed by atoms with E-state index in [4.69, 9.17) is 15.7 Å². The highest BCUT2D eigenvalue weighted by molar-refractivity contribution is 6.07. The highest BCUT2D eigenvalue weighted by Gasteiger charge is 2.30. The molecule has 20 heavy (non-hydrogen) atoms. The summed E-state index contributed by atoms with van der Waals surface area (Å²) < 4.78 is 5.04. The van der Waals surface area contributed by atoms with Crippen LogP contribution in [0.4, 0.5) is 0 Å². The van der Waals surface area contributed by atoms with E-state index in [1.165, 1.54) is 0 Å². The summed E-state index contributed by atoms with van der Waals surface area (Å²) in [6, 6.07) is 8.89. The zero-order valence-electron chi connectivity index (χ0n) is 12.0. The van der Waals surface area contributed by atoms with Crippen LogP contribution in [0.25, 0.3) is 0 Å². The Hall–Kier alpha value is -2.08. The van der Waals surface area contributed by atoms with Crippen LogP contribution in [-0.4, -0.2) is 48.7 Å². The first-order chi connectivity index (χ1) is 9.52. The minimum atomic E-state index is -0.800. The second kappa shape index (κ2) is 7.49. The van der Waals surface area contributed by atoms with E-state index in [9.17, 15) is 4.79 Å². The van der Waals surface area contributed by atoms with Gasteiger partial charge >= 0.3 is 0 Å². The van der Waals surface area contributed by atoms with Crippen molar-refractivity contribution in [1.82, 2.24) is 4.90 Å². The summed E-state index contributed by atoms with van der Waals surface area (Å²) in [6.07, 6.45) is 0. The molecule has 2 unspecified atom stereocenters. The Balaban J connectivity index is 3.04. The molecular weight excluding hydrogens is 258 g/mol. The number of methoxy groups -OCH3 is 1. The quantitative estimate of drug-likeness (QED) is 0.352. The number of ether oxygens (including phenoxy) is 1. The van der Waals surface area contributed by atoms with Crippen LogP contribution in [0.2, 0.25) is 0 Å². The molecule has 0 aliphatic carbocycles. The minimum absolute atomic E-state index is 0.106. The first-order valence-corrected chi connectivity index (χ1v) is 6.30. The maximum Gasteiger partial charge on any atom is 0.237 e. The SMILES string of the molecule is COCC(C)N(C)C(=O)C(C(N)=NO)c1ccccc1. The van der Waals surface area contributed by atoms with Gasteiger partial charge in [-0.1, -0.05) is 35.5 Å². The van der Waals surface area contributed by atoms with Crippen LogP contribution in [0.3, 0.4) is 0 Å². The number of benzene rings is 1. The van der Waals surface area contributed by atoms with Crippen LogP contribution in [0.1, 0.15) is 18.4 Å². The van der Waals surface area contributed by atoms with Gasteiger partial charge in [0, 0.05) is 14.2 Å². The van der Waals surface area contributed by atoms with Gasteiger partial charge in [0.1, 0.15) is 5.92 Å². The highest BCUT2D eigenvalue weighted by Crippen LogP contribution is 2.19. The molecule has 0 heterocycles. The van der Waals surface area contributed by atoms with Crippen molar-refractivity contribution in [3.8, 4) is 0 Å². The molecule has 0 fully saturated rings. The van der Waals surface area contributed by atoms with Crippen molar-refractivity contribution in [2.75, 3.05) is 20.8 Å². The van der Waals surface area contributed by atoms with Gasteiger partial charge in [-0.05, 0) is 12.5 Å². The van der Waals surface area contributed by atoms with Gasteiger partial charge in [-0.25, -0.2) is 0 Å². The Morgan fingerprint density at radius 3 is 2.55 bits per heavy atom. The van der Waals surface area contributed by atoms with Crippen molar-refractivity contribution >= 4 is 11.7 Å². The van der Waals surface area contributed by atoms with Gasteiger partial charge in [-0.2, -0.15) is 0 Å². The third kappa shape index (κ3) is 3.71. The van der Waals surface area contributed by atoms with Crippen molar-refractivity contribution < 1.29 is 14.7 Å². The third-order valence-electron chi connectivity index (χ3n) is 3.21. The number of nitrogens with zero attached hydrogens (tertiary/aromatic N) is 2. The Kier molecular flexibility index (Phi) is 5.99. The van der Waals surface area contributed by atoms with Crippen LogP contribution in [0.5, 0.6) is 0 Å². The smallest absolute Gasteiger partial charge is 0.237 e. The average molecular weight is 279 g/mol. The molecule has 0 saturated heterocycles. The largest absolute Gasteiger partial charge is 0.409 e. The first kappa shape index (κ1) is 16.0. The number of amidine groups is 1. The number of amides is 1. The Morgan fingerprint density at radius 1 is 1.45 bits per heavy atom. The summed E-state index contributed by atoms with van der Waals surface area (Å²) in [5.41, 5.74) is 6.37. The Morgan fingerprint density at radius 2 is 2.05 bits per heavy atom. The summed E-state index contributed by atoms with van der Waals surface area (Å²) in [5.74, 6) is -1.17. The van der Waals surface area contributed by atoms with E-state index in [0.29, 0.717) is 12.2 Å². The monoisotopic (exact) mass is 279 g/mol. The lowest BCUT2D eigenvalue weighted by Gasteiger charge is -2.28. The summed E-state index contributed by atoms with van der Waals surface area (Å²) in [7, 11) is 3.25. The van der Waals surface area contributed by atoms with E-state index in [-0.39, 0.29) is 17.8 Å². The molecule has 0 radical (unpaired) electrons. The van der Waals surface area contributed by atoms with Crippen LogP contribution < -0.4 is 5.73 Å². The van der Waals surface area contributed by atoms with Crippen LogP contribution in [0.15, 0.2) is 35.5 Å². The van der Waals surface area contributed by atoms with Crippen molar-refractivity contribution in [3.63, 3.8) is 0 Å². The summed E-state index contributed by atoms with van der Waals surface area (Å²) in [4.78, 5) is 14.1. The molecule has 1 aromatic carbocycles. The zero-order chi connectivity index (χ0) is 15.1. The normalized spacial score (nSPS) is 14.7. The second-order valence-corrected chi connectivity index (χ2v) is 4.62. The molecule has 0 spiro atoms. The second-order valence-electron chi connectivity index (χ2n) is 4.62. The van der Waals surface area contributed by atoms with Crippen molar-refractivity contribution in [2.45, 2.75) is 18.9 Å². The van der Waals surface area contributed by atoms with Gasteiger partial charge in [0.25, 0.3) is 0 Å². The molecule has 0 aliphatic rings. The summed E-state index contributed by atoms with van der Waals surface area (Å²) in [6.45, 7) is 2.29. The van der Waals surface area contributed by atoms with E-state index >= 15 is 0 Å². The number of oxime groups is 1. The molecule has 0 aromatic heterocycles.